The number of nitrogens with one attached hydrogen (secondary N) is 2. The van der Waals surface area contributed by atoms with E-state index in [4.69, 9.17) is 9.47 Å². The summed E-state index contributed by atoms with van der Waals surface area (Å²) >= 11 is 0. The summed E-state index contributed by atoms with van der Waals surface area (Å²) in [6.45, 7) is 6.66. The van der Waals surface area contributed by atoms with Crippen LogP contribution >= 0.6 is 0 Å². The number of carbonyl (C=O) groups is 1. The molecule has 6 heteroatoms. The van der Waals surface area contributed by atoms with Crippen LogP contribution in [0.3, 0.4) is 0 Å². The molecule has 0 spiro atoms. The summed E-state index contributed by atoms with van der Waals surface area (Å²) < 4.78 is 10.7. The maximum Gasteiger partial charge on any atom is 0.319 e. The zero-order valence-electron chi connectivity index (χ0n) is 15.2. The van der Waals surface area contributed by atoms with Crippen LogP contribution in [0.4, 0.5) is 10.5 Å². The number of hydrogen-bond donors (Lipinski definition) is 2. The van der Waals surface area contributed by atoms with Crippen LogP contribution in [0.5, 0.6) is 5.75 Å². The SMILES string of the molecule is COc1ccc(C)cc1NC(=O)NCC1CCN(C2CCOCC2)C1. The van der Waals surface area contributed by atoms with Crippen molar-refractivity contribution in [3.63, 3.8) is 0 Å². The van der Waals surface area contributed by atoms with Gasteiger partial charge in [-0.15, -0.1) is 0 Å². The van der Waals surface area contributed by atoms with Gasteiger partial charge in [0.1, 0.15) is 5.75 Å². The Morgan fingerprint density at radius 2 is 2.12 bits per heavy atom. The minimum absolute atomic E-state index is 0.173. The molecular weight excluding hydrogens is 318 g/mol. The lowest BCUT2D eigenvalue weighted by atomic mass is 10.1. The van der Waals surface area contributed by atoms with Crippen molar-refractivity contribution in [3.8, 4) is 5.75 Å². The number of amides is 2. The van der Waals surface area contributed by atoms with Crippen molar-refractivity contribution in [1.29, 1.82) is 0 Å². The van der Waals surface area contributed by atoms with Crippen molar-refractivity contribution < 1.29 is 14.3 Å². The zero-order chi connectivity index (χ0) is 17.6. The average molecular weight is 347 g/mol. The van der Waals surface area contributed by atoms with E-state index in [2.05, 4.69) is 15.5 Å². The second-order valence-electron chi connectivity index (χ2n) is 7.03. The van der Waals surface area contributed by atoms with E-state index in [9.17, 15) is 4.79 Å². The molecule has 0 aliphatic carbocycles. The van der Waals surface area contributed by atoms with E-state index >= 15 is 0 Å². The van der Waals surface area contributed by atoms with E-state index < -0.39 is 0 Å². The standard InChI is InChI=1S/C19H29N3O3/c1-14-3-4-18(24-2)17(11-14)21-19(23)20-12-15-5-8-22(13-15)16-6-9-25-10-7-16/h3-4,11,15-16H,5-10,12-13H2,1-2H3,(H2,20,21,23). The molecule has 2 saturated heterocycles. The number of ether oxygens (including phenoxy) is 2. The van der Waals surface area contributed by atoms with Gasteiger partial charge in [0.25, 0.3) is 0 Å². The average Bonchev–Trinajstić information content (AvgIpc) is 3.10. The van der Waals surface area contributed by atoms with Crippen molar-refractivity contribution in [2.24, 2.45) is 5.92 Å². The molecule has 1 atom stereocenters. The van der Waals surface area contributed by atoms with Gasteiger partial charge in [-0.05, 0) is 56.3 Å². The van der Waals surface area contributed by atoms with Crippen molar-refractivity contribution in [2.45, 2.75) is 32.2 Å². The van der Waals surface area contributed by atoms with Crippen molar-refractivity contribution >= 4 is 11.7 Å². The van der Waals surface area contributed by atoms with Crippen molar-refractivity contribution in [3.05, 3.63) is 23.8 Å². The van der Waals surface area contributed by atoms with Crippen LogP contribution in [-0.2, 0) is 4.74 Å². The first-order valence-corrected chi connectivity index (χ1v) is 9.17. The minimum Gasteiger partial charge on any atom is -0.495 e. The summed E-state index contributed by atoms with van der Waals surface area (Å²) in [5, 5.41) is 5.91. The van der Waals surface area contributed by atoms with Crippen LogP contribution in [0.2, 0.25) is 0 Å². The number of likely N-dealkylation sites (tertiary alicyclic amines) is 1. The van der Waals surface area contributed by atoms with Gasteiger partial charge in [-0.25, -0.2) is 4.79 Å². The number of aryl methyl sites for hydroxylation is 1. The number of hydrogen-bond acceptors (Lipinski definition) is 4. The number of rotatable bonds is 5. The minimum atomic E-state index is -0.173. The first kappa shape index (κ1) is 18.0. The lowest BCUT2D eigenvalue weighted by molar-refractivity contribution is 0.0412. The summed E-state index contributed by atoms with van der Waals surface area (Å²) in [5.41, 5.74) is 1.79. The molecule has 1 unspecified atom stereocenters. The molecule has 25 heavy (non-hydrogen) atoms. The maximum atomic E-state index is 12.2. The summed E-state index contributed by atoms with van der Waals surface area (Å²) in [5.74, 6) is 1.19. The van der Waals surface area contributed by atoms with Crippen LogP contribution in [0.15, 0.2) is 18.2 Å². The Bertz CT molecular complexity index is 587. The highest BCUT2D eigenvalue weighted by molar-refractivity contribution is 5.91. The van der Waals surface area contributed by atoms with E-state index in [1.165, 1.54) is 0 Å². The molecule has 1 aromatic carbocycles. The molecule has 0 radical (unpaired) electrons. The van der Waals surface area contributed by atoms with Crippen LogP contribution in [0.1, 0.15) is 24.8 Å². The van der Waals surface area contributed by atoms with E-state index in [1.807, 2.05) is 25.1 Å². The van der Waals surface area contributed by atoms with Crippen LogP contribution in [0, 0.1) is 12.8 Å². The van der Waals surface area contributed by atoms with Gasteiger partial charge in [-0.3, -0.25) is 4.90 Å². The van der Waals surface area contributed by atoms with E-state index in [1.54, 1.807) is 7.11 Å². The number of benzene rings is 1. The Balaban J connectivity index is 1.44. The predicted octanol–water partition coefficient (Wildman–Crippen LogP) is 2.63. The Morgan fingerprint density at radius 1 is 1.32 bits per heavy atom. The number of anilines is 1. The first-order chi connectivity index (χ1) is 12.2. The van der Waals surface area contributed by atoms with E-state index in [0.29, 0.717) is 29.9 Å². The van der Waals surface area contributed by atoms with Gasteiger partial charge in [0.15, 0.2) is 0 Å². The van der Waals surface area contributed by atoms with Gasteiger partial charge in [-0.1, -0.05) is 6.07 Å². The third kappa shape index (κ3) is 4.86. The molecule has 138 valence electrons. The van der Waals surface area contributed by atoms with Crippen LogP contribution < -0.4 is 15.4 Å². The van der Waals surface area contributed by atoms with Crippen molar-refractivity contribution in [1.82, 2.24) is 10.2 Å². The molecule has 2 aliphatic rings. The molecule has 0 saturated carbocycles. The smallest absolute Gasteiger partial charge is 0.319 e. The fourth-order valence-corrected chi connectivity index (χ4v) is 3.73. The molecule has 2 amide bonds. The summed E-state index contributed by atoms with van der Waals surface area (Å²) in [6, 6.07) is 6.23. The number of urea groups is 1. The fraction of sp³-hybridized carbons (Fsp3) is 0.632. The summed E-state index contributed by atoms with van der Waals surface area (Å²) in [7, 11) is 1.61. The highest BCUT2D eigenvalue weighted by atomic mass is 16.5. The topological polar surface area (TPSA) is 62.8 Å². The van der Waals surface area contributed by atoms with E-state index in [-0.39, 0.29) is 6.03 Å². The van der Waals surface area contributed by atoms with Crippen LogP contribution in [0.25, 0.3) is 0 Å². The quantitative estimate of drug-likeness (QED) is 0.859. The largest absolute Gasteiger partial charge is 0.495 e. The Hall–Kier alpha value is -1.79. The molecule has 1 aromatic rings. The lowest BCUT2D eigenvalue weighted by Gasteiger charge is -2.31. The van der Waals surface area contributed by atoms with Crippen molar-refractivity contribution in [2.75, 3.05) is 45.3 Å². The first-order valence-electron chi connectivity index (χ1n) is 9.17. The monoisotopic (exact) mass is 347 g/mol. The summed E-state index contributed by atoms with van der Waals surface area (Å²) in [6.07, 6.45) is 3.41. The molecule has 2 fully saturated rings. The zero-order valence-corrected chi connectivity index (χ0v) is 15.2. The van der Waals surface area contributed by atoms with Gasteiger partial charge >= 0.3 is 6.03 Å². The van der Waals surface area contributed by atoms with Gasteiger partial charge < -0.3 is 20.1 Å². The highest BCUT2D eigenvalue weighted by Gasteiger charge is 2.29. The molecule has 0 bridgehead atoms. The van der Waals surface area contributed by atoms with E-state index in [0.717, 1.165) is 51.1 Å². The second kappa shape index (κ2) is 8.54. The highest BCUT2D eigenvalue weighted by Crippen LogP contribution is 2.25. The molecule has 2 aliphatic heterocycles. The summed E-state index contributed by atoms with van der Waals surface area (Å²) in [4.78, 5) is 14.8. The lowest BCUT2D eigenvalue weighted by Crippen LogP contribution is -2.39. The van der Waals surface area contributed by atoms with Crippen LogP contribution in [-0.4, -0.2) is 56.9 Å². The van der Waals surface area contributed by atoms with Gasteiger partial charge in [-0.2, -0.15) is 0 Å². The predicted molar refractivity (Wildman–Crippen MR) is 98.3 cm³/mol. The molecule has 2 heterocycles. The number of carbonyl (C=O) groups excluding carboxylic acids is 1. The molecule has 2 N–H and O–H groups in total. The van der Waals surface area contributed by atoms with Gasteiger partial charge in [0.05, 0.1) is 12.8 Å². The van der Waals surface area contributed by atoms with Gasteiger partial charge in [0, 0.05) is 32.3 Å². The normalized spacial score (nSPS) is 21.9. The Morgan fingerprint density at radius 3 is 2.88 bits per heavy atom. The fourth-order valence-electron chi connectivity index (χ4n) is 3.73. The van der Waals surface area contributed by atoms with Gasteiger partial charge in [0.2, 0.25) is 0 Å². The molecule has 0 aromatic heterocycles. The third-order valence-corrected chi connectivity index (χ3v) is 5.18. The third-order valence-electron chi connectivity index (χ3n) is 5.18. The number of nitrogens with zero attached hydrogens (tertiary/aromatic N) is 1. The maximum absolute atomic E-state index is 12.2. The molecule has 3 rings (SSSR count). The Kier molecular flexibility index (Phi) is 6.15. The Labute approximate surface area is 149 Å². The molecule has 6 nitrogen and oxygen atoms in total. The number of methoxy groups -OCH3 is 1. The molecular formula is C19H29N3O3. The second-order valence-corrected chi connectivity index (χ2v) is 7.03.